The van der Waals surface area contributed by atoms with Gasteiger partial charge in [0.15, 0.2) is 11.3 Å². The standard InChI is InChI=1S/C16H15N3O2/c1-9-6-11(3)12(7-10(9)2)13-8-19-5-4-17-14(16(20)21)15(19)18-13/h4-8H,1-3H3,(H,20,21). The molecule has 1 N–H and O–H groups in total. The Labute approximate surface area is 121 Å². The van der Waals surface area contributed by atoms with Gasteiger partial charge >= 0.3 is 5.97 Å². The fraction of sp³-hybridized carbons (Fsp3) is 0.188. The van der Waals surface area contributed by atoms with Crippen LogP contribution < -0.4 is 0 Å². The molecular formula is C16H15N3O2. The number of hydrogen-bond acceptors (Lipinski definition) is 3. The number of imidazole rings is 1. The Morgan fingerprint density at radius 3 is 2.57 bits per heavy atom. The number of carboxylic acids is 1. The highest BCUT2D eigenvalue weighted by Crippen LogP contribution is 2.26. The van der Waals surface area contributed by atoms with Gasteiger partial charge in [0.2, 0.25) is 0 Å². The van der Waals surface area contributed by atoms with Crippen molar-refractivity contribution in [3.63, 3.8) is 0 Å². The van der Waals surface area contributed by atoms with E-state index in [-0.39, 0.29) is 5.69 Å². The zero-order valence-corrected chi connectivity index (χ0v) is 12.1. The molecule has 0 atom stereocenters. The van der Waals surface area contributed by atoms with Crippen LogP contribution in [-0.2, 0) is 0 Å². The van der Waals surface area contributed by atoms with Crippen LogP contribution in [0.3, 0.4) is 0 Å². The van der Waals surface area contributed by atoms with E-state index in [1.54, 1.807) is 10.6 Å². The van der Waals surface area contributed by atoms with Gasteiger partial charge in [-0.15, -0.1) is 0 Å². The van der Waals surface area contributed by atoms with Gasteiger partial charge in [-0.1, -0.05) is 6.07 Å². The molecule has 106 valence electrons. The summed E-state index contributed by atoms with van der Waals surface area (Å²) >= 11 is 0. The Balaban J connectivity index is 2.25. The summed E-state index contributed by atoms with van der Waals surface area (Å²) in [4.78, 5) is 19.6. The maximum absolute atomic E-state index is 11.2. The highest BCUT2D eigenvalue weighted by atomic mass is 16.4. The van der Waals surface area contributed by atoms with Crippen molar-refractivity contribution in [3.05, 3.63) is 53.1 Å². The summed E-state index contributed by atoms with van der Waals surface area (Å²) in [5, 5.41) is 9.18. The van der Waals surface area contributed by atoms with Crippen LogP contribution in [0.2, 0.25) is 0 Å². The van der Waals surface area contributed by atoms with Crippen LogP contribution in [0, 0.1) is 20.8 Å². The lowest BCUT2D eigenvalue weighted by Gasteiger charge is -2.07. The monoisotopic (exact) mass is 281 g/mol. The van der Waals surface area contributed by atoms with Gasteiger partial charge < -0.3 is 9.51 Å². The minimum Gasteiger partial charge on any atom is -0.476 e. The number of carboxylic acid groups (broad SMARTS) is 1. The van der Waals surface area contributed by atoms with Crippen molar-refractivity contribution in [2.45, 2.75) is 20.8 Å². The minimum atomic E-state index is -1.07. The SMILES string of the molecule is Cc1cc(C)c(-c2cn3ccnc(C(=O)O)c3n2)cc1C. The molecule has 3 aromatic rings. The van der Waals surface area contributed by atoms with Crippen LogP contribution >= 0.6 is 0 Å². The Bertz CT molecular complexity index is 865. The second-order valence-corrected chi connectivity index (χ2v) is 5.19. The average Bonchev–Trinajstić information content (AvgIpc) is 2.85. The Morgan fingerprint density at radius 1 is 1.14 bits per heavy atom. The van der Waals surface area contributed by atoms with Gasteiger partial charge in [-0.25, -0.2) is 14.8 Å². The first-order valence-corrected chi connectivity index (χ1v) is 6.62. The molecule has 0 amide bonds. The molecule has 5 heteroatoms. The van der Waals surface area contributed by atoms with Crippen LogP contribution in [0.1, 0.15) is 27.2 Å². The van der Waals surface area contributed by atoms with Gasteiger partial charge in [0.25, 0.3) is 0 Å². The highest BCUT2D eigenvalue weighted by Gasteiger charge is 2.15. The Morgan fingerprint density at radius 2 is 1.86 bits per heavy atom. The molecule has 0 saturated carbocycles. The number of fused-ring (bicyclic) bond motifs is 1. The molecule has 5 nitrogen and oxygen atoms in total. The fourth-order valence-electron chi connectivity index (χ4n) is 2.44. The molecule has 1 aromatic carbocycles. The molecule has 0 aliphatic rings. The number of rotatable bonds is 2. The Kier molecular flexibility index (Phi) is 2.97. The third-order valence-electron chi connectivity index (χ3n) is 3.69. The van der Waals surface area contributed by atoms with Crippen molar-refractivity contribution in [1.29, 1.82) is 0 Å². The van der Waals surface area contributed by atoms with Gasteiger partial charge in [0.05, 0.1) is 5.69 Å². The zero-order chi connectivity index (χ0) is 15.1. The van der Waals surface area contributed by atoms with Gasteiger partial charge in [0.1, 0.15) is 0 Å². The number of aromatic nitrogens is 3. The van der Waals surface area contributed by atoms with Crippen LogP contribution in [0.15, 0.2) is 30.7 Å². The molecule has 0 bridgehead atoms. The molecule has 21 heavy (non-hydrogen) atoms. The van der Waals surface area contributed by atoms with Crippen molar-refractivity contribution in [2.75, 3.05) is 0 Å². The third kappa shape index (κ3) is 2.16. The molecule has 0 spiro atoms. The first-order valence-electron chi connectivity index (χ1n) is 6.62. The fourth-order valence-corrected chi connectivity index (χ4v) is 2.44. The first kappa shape index (κ1) is 13.3. The summed E-state index contributed by atoms with van der Waals surface area (Å²) in [6, 6.07) is 4.20. The van der Waals surface area contributed by atoms with Crippen LogP contribution in [0.4, 0.5) is 0 Å². The summed E-state index contributed by atoms with van der Waals surface area (Å²) in [6.45, 7) is 6.16. The minimum absolute atomic E-state index is 0.0368. The van der Waals surface area contributed by atoms with Crippen LogP contribution in [-0.4, -0.2) is 25.4 Å². The lowest BCUT2D eigenvalue weighted by molar-refractivity contribution is 0.0692. The Hall–Kier alpha value is -2.69. The van der Waals surface area contributed by atoms with E-state index in [0.29, 0.717) is 5.65 Å². The summed E-state index contributed by atoms with van der Waals surface area (Å²) in [5.41, 5.74) is 5.62. The van der Waals surface area contributed by atoms with E-state index in [1.165, 1.54) is 17.3 Å². The van der Waals surface area contributed by atoms with Crippen molar-refractivity contribution in [1.82, 2.24) is 14.4 Å². The van der Waals surface area contributed by atoms with E-state index in [4.69, 9.17) is 0 Å². The molecule has 0 saturated heterocycles. The number of carbonyl (C=O) groups is 1. The van der Waals surface area contributed by atoms with Crippen molar-refractivity contribution in [3.8, 4) is 11.3 Å². The number of aryl methyl sites for hydroxylation is 3. The zero-order valence-electron chi connectivity index (χ0n) is 12.1. The van der Waals surface area contributed by atoms with Gasteiger partial charge in [-0.3, -0.25) is 0 Å². The van der Waals surface area contributed by atoms with Crippen LogP contribution in [0.5, 0.6) is 0 Å². The molecule has 2 aromatic heterocycles. The topological polar surface area (TPSA) is 67.5 Å². The van der Waals surface area contributed by atoms with E-state index >= 15 is 0 Å². The number of aromatic carboxylic acids is 1. The number of nitrogens with zero attached hydrogens (tertiary/aromatic N) is 3. The molecule has 2 heterocycles. The van der Waals surface area contributed by atoms with E-state index in [0.717, 1.165) is 16.8 Å². The second-order valence-electron chi connectivity index (χ2n) is 5.19. The molecule has 0 aliphatic heterocycles. The summed E-state index contributed by atoms with van der Waals surface area (Å²) in [7, 11) is 0. The predicted octanol–water partition coefficient (Wildman–Crippen LogP) is 3.02. The van der Waals surface area contributed by atoms with Gasteiger partial charge in [-0.05, 0) is 43.5 Å². The number of hydrogen-bond donors (Lipinski definition) is 1. The largest absolute Gasteiger partial charge is 0.476 e. The molecule has 0 unspecified atom stereocenters. The molecule has 0 fully saturated rings. The quantitative estimate of drug-likeness (QED) is 0.784. The van der Waals surface area contributed by atoms with Crippen molar-refractivity contribution < 1.29 is 9.90 Å². The van der Waals surface area contributed by atoms with Crippen molar-refractivity contribution >= 4 is 11.6 Å². The molecule has 3 rings (SSSR count). The van der Waals surface area contributed by atoms with E-state index in [9.17, 15) is 9.90 Å². The van der Waals surface area contributed by atoms with E-state index in [1.807, 2.05) is 13.1 Å². The lowest BCUT2D eigenvalue weighted by Crippen LogP contribution is -2.03. The molecule has 0 aliphatic carbocycles. The normalized spacial score (nSPS) is 11.0. The molecule has 0 radical (unpaired) electrons. The third-order valence-corrected chi connectivity index (χ3v) is 3.69. The smallest absolute Gasteiger partial charge is 0.358 e. The summed E-state index contributed by atoms with van der Waals surface area (Å²) < 4.78 is 1.69. The highest BCUT2D eigenvalue weighted by molar-refractivity contribution is 5.92. The second kappa shape index (κ2) is 4.70. The summed E-state index contributed by atoms with van der Waals surface area (Å²) in [6.07, 6.45) is 5.00. The first-order chi connectivity index (χ1) is 9.97. The van der Waals surface area contributed by atoms with Crippen molar-refractivity contribution in [2.24, 2.45) is 0 Å². The van der Waals surface area contributed by atoms with Gasteiger partial charge in [-0.2, -0.15) is 0 Å². The lowest BCUT2D eigenvalue weighted by atomic mass is 9.99. The average molecular weight is 281 g/mol. The molecular weight excluding hydrogens is 266 g/mol. The maximum atomic E-state index is 11.2. The van der Waals surface area contributed by atoms with E-state index in [2.05, 4.69) is 35.9 Å². The predicted molar refractivity (Wildman–Crippen MR) is 79.6 cm³/mol. The maximum Gasteiger partial charge on any atom is 0.358 e. The van der Waals surface area contributed by atoms with Gasteiger partial charge in [0, 0.05) is 24.2 Å². The summed E-state index contributed by atoms with van der Waals surface area (Å²) in [5.74, 6) is -1.07. The number of benzene rings is 1. The van der Waals surface area contributed by atoms with E-state index < -0.39 is 5.97 Å². The van der Waals surface area contributed by atoms with Crippen LogP contribution in [0.25, 0.3) is 16.9 Å².